The molecule has 0 rings (SSSR count). The number of carbonyl (C=O) groups is 2. The molecule has 0 aliphatic carbocycles. The predicted octanol–water partition coefficient (Wildman–Crippen LogP) is -2.75. The minimum Gasteiger partial charge on any atom is -0.548 e. The molecule has 108 valence electrons. The van der Waals surface area contributed by atoms with E-state index in [-0.39, 0.29) is 37.7 Å². The fourth-order valence-electron chi connectivity index (χ4n) is 0.725. The standard InChI is InChI=1S/2C5H11NO2S.Ca/c2*1-9-3-2-4(6)5(7)8;/h2*4H,2-3,6H2,1H3,(H,7,8);/q;;+2/p-2/t2*4-;/m00./s1. The van der Waals surface area contributed by atoms with Crippen molar-refractivity contribution in [3.05, 3.63) is 0 Å². The summed E-state index contributed by atoms with van der Waals surface area (Å²) < 4.78 is 0. The maximum Gasteiger partial charge on any atom is 2.00 e. The van der Waals surface area contributed by atoms with Crippen LogP contribution in [0.3, 0.4) is 0 Å². The van der Waals surface area contributed by atoms with Crippen molar-refractivity contribution in [2.24, 2.45) is 11.5 Å². The summed E-state index contributed by atoms with van der Waals surface area (Å²) in [5, 5.41) is 19.9. The van der Waals surface area contributed by atoms with Gasteiger partial charge in [-0.1, -0.05) is 0 Å². The van der Waals surface area contributed by atoms with Crippen molar-refractivity contribution in [1.29, 1.82) is 0 Å². The Balaban J connectivity index is -0.000000256. The van der Waals surface area contributed by atoms with Gasteiger partial charge < -0.3 is 31.3 Å². The van der Waals surface area contributed by atoms with Crippen LogP contribution in [0.25, 0.3) is 0 Å². The third-order valence-electron chi connectivity index (χ3n) is 1.87. The average Bonchev–Trinajstić information content (AvgIpc) is 2.33. The normalized spacial score (nSPS) is 12.4. The molecule has 0 amide bonds. The molecule has 9 heteroatoms. The van der Waals surface area contributed by atoms with Gasteiger partial charge in [0.05, 0.1) is 11.9 Å². The third-order valence-corrected chi connectivity index (χ3v) is 3.16. The number of carbonyl (C=O) groups excluding carboxylic acids is 2. The summed E-state index contributed by atoms with van der Waals surface area (Å²) in [6.07, 6.45) is 4.79. The molecule has 0 aromatic carbocycles. The van der Waals surface area contributed by atoms with Crippen LogP contribution in [0.4, 0.5) is 0 Å². The fourth-order valence-corrected chi connectivity index (χ4v) is 1.70. The van der Waals surface area contributed by atoms with Gasteiger partial charge in [-0.15, -0.1) is 0 Å². The van der Waals surface area contributed by atoms with Gasteiger partial charge in [0, 0.05) is 12.1 Å². The first-order valence-corrected chi connectivity index (χ1v) is 8.06. The largest absolute Gasteiger partial charge is 2.00 e. The van der Waals surface area contributed by atoms with Crippen LogP contribution in [-0.4, -0.2) is 85.8 Å². The van der Waals surface area contributed by atoms with E-state index in [9.17, 15) is 19.8 Å². The summed E-state index contributed by atoms with van der Waals surface area (Å²) in [5.74, 6) is -0.780. The van der Waals surface area contributed by atoms with Crippen molar-refractivity contribution in [2.75, 3.05) is 24.0 Å². The number of carboxylic acid groups (broad SMARTS) is 2. The van der Waals surface area contributed by atoms with Crippen molar-refractivity contribution >= 4 is 73.2 Å². The van der Waals surface area contributed by atoms with Crippen molar-refractivity contribution in [1.82, 2.24) is 0 Å². The van der Waals surface area contributed by atoms with Crippen molar-refractivity contribution in [3.63, 3.8) is 0 Å². The average molecular weight is 336 g/mol. The van der Waals surface area contributed by atoms with E-state index in [2.05, 4.69) is 0 Å². The molecule has 0 radical (unpaired) electrons. The topological polar surface area (TPSA) is 132 Å². The number of hydrogen-bond donors (Lipinski definition) is 2. The van der Waals surface area contributed by atoms with Crippen molar-refractivity contribution in [3.8, 4) is 0 Å². The summed E-state index contributed by atoms with van der Waals surface area (Å²) in [5.41, 5.74) is 10.3. The number of carboxylic acids is 2. The maximum absolute atomic E-state index is 9.96. The predicted molar refractivity (Wildman–Crippen MR) is 77.7 cm³/mol. The minimum atomic E-state index is -1.16. The molecule has 0 heterocycles. The smallest absolute Gasteiger partial charge is 0.548 e. The molecular weight excluding hydrogens is 316 g/mol. The molecular formula is C10H20CaN2O4S2. The van der Waals surface area contributed by atoms with E-state index in [4.69, 9.17) is 11.5 Å². The molecule has 0 spiro atoms. The first-order valence-electron chi connectivity index (χ1n) is 5.27. The minimum absolute atomic E-state index is 0. The Morgan fingerprint density at radius 3 is 1.37 bits per heavy atom. The molecule has 0 saturated heterocycles. The zero-order valence-electron chi connectivity index (χ0n) is 11.3. The van der Waals surface area contributed by atoms with E-state index in [0.717, 1.165) is 11.5 Å². The van der Waals surface area contributed by atoms with Crippen LogP contribution < -0.4 is 21.7 Å². The van der Waals surface area contributed by atoms with Crippen LogP contribution in [0.15, 0.2) is 0 Å². The Bertz CT molecular complexity index is 224. The quantitative estimate of drug-likeness (QED) is 0.456. The Hall–Kier alpha value is 0.820. The summed E-state index contributed by atoms with van der Waals surface area (Å²) >= 11 is 3.15. The summed E-state index contributed by atoms with van der Waals surface area (Å²) in [6, 6.07) is -1.59. The number of thioether (sulfide) groups is 2. The SMILES string of the molecule is CSCC[C@H](N)C(=O)[O-].CSCC[C@H](N)C(=O)[O-].[Ca+2]. The van der Waals surface area contributed by atoms with Crippen LogP contribution in [0.2, 0.25) is 0 Å². The molecule has 0 saturated carbocycles. The monoisotopic (exact) mass is 336 g/mol. The first kappa shape index (κ1) is 24.8. The van der Waals surface area contributed by atoms with Gasteiger partial charge in [0.15, 0.2) is 0 Å². The van der Waals surface area contributed by atoms with Crippen LogP contribution in [0, 0.1) is 0 Å². The van der Waals surface area contributed by atoms with Gasteiger partial charge in [0.2, 0.25) is 0 Å². The van der Waals surface area contributed by atoms with E-state index in [1.165, 1.54) is 0 Å². The van der Waals surface area contributed by atoms with Gasteiger partial charge in [0.1, 0.15) is 0 Å². The second kappa shape index (κ2) is 16.9. The zero-order valence-corrected chi connectivity index (χ0v) is 15.1. The van der Waals surface area contributed by atoms with Crippen LogP contribution in [0.1, 0.15) is 12.8 Å². The molecule has 0 aromatic rings. The van der Waals surface area contributed by atoms with Crippen LogP contribution >= 0.6 is 23.5 Å². The van der Waals surface area contributed by atoms with E-state index < -0.39 is 24.0 Å². The second-order valence-electron chi connectivity index (χ2n) is 3.41. The second-order valence-corrected chi connectivity index (χ2v) is 5.39. The van der Waals surface area contributed by atoms with E-state index in [0.29, 0.717) is 12.8 Å². The molecule has 0 aromatic heterocycles. The van der Waals surface area contributed by atoms with E-state index in [1.807, 2.05) is 12.5 Å². The van der Waals surface area contributed by atoms with Crippen LogP contribution in [-0.2, 0) is 9.59 Å². The summed E-state index contributed by atoms with van der Waals surface area (Å²) in [6.45, 7) is 0. The van der Waals surface area contributed by atoms with Gasteiger partial charge >= 0.3 is 37.7 Å². The Labute approximate surface area is 152 Å². The Morgan fingerprint density at radius 2 is 1.21 bits per heavy atom. The first-order chi connectivity index (χ1) is 8.36. The number of nitrogens with two attached hydrogens (primary N) is 2. The molecule has 0 bridgehead atoms. The molecule has 19 heavy (non-hydrogen) atoms. The summed E-state index contributed by atoms with van der Waals surface area (Å²) in [7, 11) is 0. The van der Waals surface area contributed by atoms with Crippen LogP contribution in [0.5, 0.6) is 0 Å². The van der Waals surface area contributed by atoms with Crippen molar-refractivity contribution < 1.29 is 19.8 Å². The number of rotatable bonds is 8. The summed E-state index contributed by atoms with van der Waals surface area (Å²) in [4.78, 5) is 19.9. The molecule has 2 atom stereocenters. The number of aliphatic carboxylic acids is 2. The van der Waals surface area contributed by atoms with Crippen molar-refractivity contribution in [2.45, 2.75) is 24.9 Å². The molecule has 0 fully saturated rings. The molecule has 0 aliphatic rings. The third kappa shape index (κ3) is 18.8. The molecule has 0 aliphatic heterocycles. The van der Waals surface area contributed by atoms with Gasteiger partial charge in [-0.25, -0.2) is 0 Å². The number of hydrogen-bond acceptors (Lipinski definition) is 8. The van der Waals surface area contributed by atoms with Gasteiger partial charge in [-0.2, -0.15) is 23.5 Å². The molecule has 6 nitrogen and oxygen atoms in total. The fraction of sp³-hybridized carbons (Fsp3) is 0.800. The Kier molecular flexibility index (Phi) is 22.0. The zero-order chi connectivity index (χ0) is 14.6. The van der Waals surface area contributed by atoms with Gasteiger partial charge in [0.25, 0.3) is 0 Å². The van der Waals surface area contributed by atoms with E-state index >= 15 is 0 Å². The van der Waals surface area contributed by atoms with Gasteiger partial charge in [-0.05, 0) is 36.9 Å². The molecule has 4 N–H and O–H groups in total. The molecule has 0 unspecified atom stereocenters. The maximum atomic E-state index is 9.96. The van der Waals surface area contributed by atoms with E-state index in [1.54, 1.807) is 23.5 Å². The van der Waals surface area contributed by atoms with Gasteiger partial charge in [-0.3, -0.25) is 0 Å². The Morgan fingerprint density at radius 1 is 0.947 bits per heavy atom.